The maximum atomic E-state index is 9.33. The normalized spacial score (nSPS) is 10.1. The molecular formula is C11H10N2O3. The van der Waals surface area contributed by atoms with Crippen LogP contribution in [-0.4, -0.2) is 27.3 Å². The minimum atomic E-state index is -0.197. The van der Waals surface area contributed by atoms with Gasteiger partial charge in [0, 0.05) is 5.56 Å². The molecule has 2 N–H and O–H groups in total. The van der Waals surface area contributed by atoms with E-state index in [2.05, 4.69) is 9.97 Å². The van der Waals surface area contributed by atoms with Crippen LogP contribution in [0.4, 0.5) is 0 Å². The summed E-state index contributed by atoms with van der Waals surface area (Å²) in [5, 5.41) is 18.5. The monoisotopic (exact) mass is 218 g/mol. The summed E-state index contributed by atoms with van der Waals surface area (Å²) >= 11 is 0. The average molecular weight is 218 g/mol. The van der Waals surface area contributed by atoms with Crippen LogP contribution in [0.25, 0.3) is 11.4 Å². The highest BCUT2D eigenvalue weighted by molar-refractivity contribution is 5.60. The van der Waals surface area contributed by atoms with Crippen LogP contribution in [0, 0.1) is 0 Å². The number of methoxy groups -OCH3 is 1. The van der Waals surface area contributed by atoms with Crippen molar-refractivity contribution >= 4 is 0 Å². The topological polar surface area (TPSA) is 75.5 Å². The second kappa shape index (κ2) is 4.06. The van der Waals surface area contributed by atoms with Gasteiger partial charge in [-0.3, -0.25) is 0 Å². The molecule has 0 saturated heterocycles. The van der Waals surface area contributed by atoms with Crippen molar-refractivity contribution in [1.29, 1.82) is 0 Å². The first-order valence-corrected chi connectivity index (χ1v) is 4.59. The minimum Gasteiger partial charge on any atom is -0.504 e. The number of nitrogens with zero attached hydrogens (tertiary/aromatic N) is 2. The highest BCUT2D eigenvalue weighted by Crippen LogP contribution is 2.28. The lowest BCUT2D eigenvalue weighted by molar-refractivity contribution is 0.404. The van der Waals surface area contributed by atoms with E-state index in [1.807, 2.05) is 0 Å². The predicted octanol–water partition coefficient (Wildman–Crippen LogP) is 1.56. The predicted molar refractivity (Wildman–Crippen MR) is 57.3 cm³/mol. The summed E-state index contributed by atoms with van der Waals surface area (Å²) < 4.78 is 4.93. The number of hydrogen-bond donors (Lipinski definition) is 2. The van der Waals surface area contributed by atoms with E-state index >= 15 is 0 Å². The van der Waals surface area contributed by atoms with Crippen molar-refractivity contribution in [3.05, 3.63) is 30.6 Å². The van der Waals surface area contributed by atoms with Crippen molar-refractivity contribution in [3.63, 3.8) is 0 Å². The molecule has 2 aromatic rings. The van der Waals surface area contributed by atoms with Gasteiger partial charge in [0.15, 0.2) is 23.1 Å². The molecule has 0 unspecified atom stereocenters. The Morgan fingerprint density at radius 1 is 1.06 bits per heavy atom. The molecule has 1 heterocycles. The Balaban J connectivity index is 2.38. The maximum absolute atomic E-state index is 9.33. The summed E-state index contributed by atoms with van der Waals surface area (Å²) in [7, 11) is 1.53. The van der Waals surface area contributed by atoms with Crippen LogP contribution in [0.15, 0.2) is 30.6 Å². The largest absolute Gasteiger partial charge is 0.504 e. The molecule has 0 spiro atoms. The van der Waals surface area contributed by atoms with Crippen LogP contribution in [0.2, 0.25) is 0 Å². The summed E-state index contributed by atoms with van der Waals surface area (Å²) in [5.74, 6) is 0.650. The number of aromatic nitrogens is 2. The zero-order valence-electron chi connectivity index (χ0n) is 8.58. The summed E-state index contributed by atoms with van der Waals surface area (Å²) in [4.78, 5) is 8.12. The summed E-state index contributed by atoms with van der Waals surface area (Å²) in [5.41, 5.74) is 0.623. The van der Waals surface area contributed by atoms with Gasteiger partial charge in [0.2, 0.25) is 0 Å². The molecule has 1 aromatic heterocycles. The van der Waals surface area contributed by atoms with Crippen LogP contribution in [0.3, 0.4) is 0 Å². The first kappa shape index (κ1) is 10.2. The number of benzene rings is 1. The minimum absolute atomic E-state index is 0.169. The molecule has 0 saturated carbocycles. The highest BCUT2D eigenvalue weighted by Gasteiger charge is 2.05. The smallest absolute Gasteiger partial charge is 0.159 e. The van der Waals surface area contributed by atoms with Crippen molar-refractivity contribution in [2.75, 3.05) is 7.11 Å². The molecule has 0 aliphatic carbocycles. The van der Waals surface area contributed by atoms with Gasteiger partial charge < -0.3 is 14.9 Å². The van der Waals surface area contributed by atoms with Gasteiger partial charge in [-0.15, -0.1) is 0 Å². The number of aromatic hydroxyl groups is 2. The first-order chi connectivity index (χ1) is 7.70. The van der Waals surface area contributed by atoms with Gasteiger partial charge >= 0.3 is 0 Å². The van der Waals surface area contributed by atoms with Crippen molar-refractivity contribution in [3.8, 4) is 28.6 Å². The third-order valence-electron chi connectivity index (χ3n) is 2.10. The van der Waals surface area contributed by atoms with Crippen LogP contribution >= 0.6 is 0 Å². The van der Waals surface area contributed by atoms with E-state index in [1.54, 1.807) is 6.07 Å². The molecular weight excluding hydrogens is 208 g/mol. The molecule has 1 aromatic carbocycles. The number of ether oxygens (including phenoxy) is 1. The molecule has 0 fully saturated rings. The summed E-state index contributed by atoms with van der Waals surface area (Å²) in [6.07, 6.45) is 3.07. The third-order valence-corrected chi connectivity index (χ3v) is 2.10. The third kappa shape index (κ3) is 1.88. The van der Waals surface area contributed by atoms with Crippen LogP contribution in [0.1, 0.15) is 0 Å². The fraction of sp³-hybridized carbons (Fsp3) is 0.0909. The van der Waals surface area contributed by atoms with E-state index in [-0.39, 0.29) is 11.5 Å². The molecule has 5 heteroatoms. The van der Waals surface area contributed by atoms with Crippen molar-refractivity contribution in [2.45, 2.75) is 0 Å². The second-order valence-electron chi connectivity index (χ2n) is 3.15. The Morgan fingerprint density at radius 2 is 1.75 bits per heavy atom. The van der Waals surface area contributed by atoms with Crippen molar-refractivity contribution in [1.82, 2.24) is 9.97 Å². The zero-order chi connectivity index (χ0) is 11.5. The van der Waals surface area contributed by atoms with Gasteiger partial charge in [-0.05, 0) is 18.2 Å². The standard InChI is InChI=1S/C11H10N2O3/c1-16-8-5-12-11(13-6-8)7-2-3-9(14)10(15)4-7/h2-6,14-15H,1H3. The fourth-order valence-electron chi connectivity index (χ4n) is 1.23. The number of rotatable bonds is 2. The van der Waals surface area contributed by atoms with Crippen LogP contribution < -0.4 is 4.74 Å². The molecule has 82 valence electrons. The molecule has 0 atom stereocenters. The summed E-state index contributed by atoms with van der Waals surface area (Å²) in [6, 6.07) is 4.41. The number of hydrogen-bond acceptors (Lipinski definition) is 5. The lowest BCUT2D eigenvalue weighted by Gasteiger charge is -2.03. The quantitative estimate of drug-likeness (QED) is 0.748. The molecule has 0 radical (unpaired) electrons. The van der Waals surface area contributed by atoms with Gasteiger partial charge in [-0.25, -0.2) is 9.97 Å². The Labute approximate surface area is 92.0 Å². The van der Waals surface area contributed by atoms with Gasteiger partial charge in [0.05, 0.1) is 19.5 Å². The Morgan fingerprint density at radius 3 is 2.31 bits per heavy atom. The first-order valence-electron chi connectivity index (χ1n) is 4.59. The fourth-order valence-corrected chi connectivity index (χ4v) is 1.23. The Kier molecular flexibility index (Phi) is 2.59. The van der Waals surface area contributed by atoms with Gasteiger partial charge in [-0.2, -0.15) is 0 Å². The molecule has 0 aliphatic rings. The average Bonchev–Trinajstić information content (AvgIpc) is 2.33. The van der Waals surface area contributed by atoms with Crippen LogP contribution in [0.5, 0.6) is 17.2 Å². The number of phenolic OH excluding ortho intramolecular Hbond substituents is 2. The second-order valence-corrected chi connectivity index (χ2v) is 3.15. The lowest BCUT2D eigenvalue weighted by atomic mass is 10.2. The highest BCUT2D eigenvalue weighted by atomic mass is 16.5. The molecule has 2 rings (SSSR count). The maximum Gasteiger partial charge on any atom is 0.159 e. The Hall–Kier alpha value is -2.30. The zero-order valence-corrected chi connectivity index (χ0v) is 8.58. The van der Waals surface area contributed by atoms with E-state index in [1.165, 1.54) is 31.6 Å². The molecule has 0 amide bonds. The van der Waals surface area contributed by atoms with E-state index in [0.29, 0.717) is 17.1 Å². The summed E-state index contributed by atoms with van der Waals surface area (Å²) in [6.45, 7) is 0. The van der Waals surface area contributed by atoms with Gasteiger partial charge in [0.25, 0.3) is 0 Å². The SMILES string of the molecule is COc1cnc(-c2ccc(O)c(O)c2)nc1. The Bertz CT molecular complexity index is 497. The van der Waals surface area contributed by atoms with Crippen molar-refractivity contribution in [2.24, 2.45) is 0 Å². The van der Waals surface area contributed by atoms with E-state index in [4.69, 9.17) is 9.84 Å². The van der Waals surface area contributed by atoms with Gasteiger partial charge in [0.1, 0.15) is 0 Å². The van der Waals surface area contributed by atoms with E-state index < -0.39 is 0 Å². The van der Waals surface area contributed by atoms with E-state index in [0.717, 1.165) is 0 Å². The lowest BCUT2D eigenvalue weighted by Crippen LogP contribution is -1.90. The molecule has 5 nitrogen and oxygen atoms in total. The molecule has 0 bridgehead atoms. The van der Waals surface area contributed by atoms with Crippen LogP contribution in [-0.2, 0) is 0 Å². The van der Waals surface area contributed by atoms with Gasteiger partial charge in [-0.1, -0.05) is 0 Å². The number of phenols is 2. The van der Waals surface area contributed by atoms with E-state index in [9.17, 15) is 5.11 Å². The molecule has 0 aliphatic heterocycles. The van der Waals surface area contributed by atoms with Crippen molar-refractivity contribution < 1.29 is 14.9 Å². The molecule has 16 heavy (non-hydrogen) atoms.